The van der Waals surface area contributed by atoms with Gasteiger partial charge in [-0.3, -0.25) is 0 Å². The van der Waals surface area contributed by atoms with Crippen molar-refractivity contribution < 1.29 is 0 Å². The van der Waals surface area contributed by atoms with Gasteiger partial charge in [0.1, 0.15) is 0 Å². The summed E-state index contributed by atoms with van der Waals surface area (Å²) in [5, 5.41) is 3.61. The van der Waals surface area contributed by atoms with Gasteiger partial charge >= 0.3 is 0 Å². The zero-order valence-corrected chi connectivity index (χ0v) is 10.8. The van der Waals surface area contributed by atoms with E-state index in [1.54, 1.807) is 0 Å². The highest BCUT2D eigenvalue weighted by molar-refractivity contribution is 4.92. The van der Waals surface area contributed by atoms with Crippen LogP contribution in [-0.2, 0) is 0 Å². The van der Waals surface area contributed by atoms with Crippen LogP contribution in [0.4, 0.5) is 0 Å². The number of rotatable bonds is 7. The van der Waals surface area contributed by atoms with Crippen molar-refractivity contribution in [3.05, 3.63) is 12.2 Å². The molecule has 0 aliphatic heterocycles. The molecule has 1 rings (SSSR count). The maximum absolute atomic E-state index is 3.95. The van der Waals surface area contributed by atoms with Gasteiger partial charge in [0.25, 0.3) is 0 Å². The summed E-state index contributed by atoms with van der Waals surface area (Å²) < 4.78 is 0. The molecule has 0 heterocycles. The molecular weight excluding hydrogens is 184 g/mol. The molecule has 1 saturated carbocycles. The van der Waals surface area contributed by atoms with Gasteiger partial charge in [-0.05, 0) is 32.2 Å². The first-order valence-corrected chi connectivity index (χ1v) is 5.95. The zero-order chi connectivity index (χ0) is 11.5. The van der Waals surface area contributed by atoms with Gasteiger partial charge in [-0.1, -0.05) is 26.0 Å². The number of hydrogen-bond acceptors (Lipinski definition) is 2. The Bertz CT molecular complexity index is 217. The fraction of sp³-hybridized carbons (Fsp3) is 0.846. The lowest BCUT2D eigenvalue weighted by atomic mass is 9.92. The molecule has 1 aliphatic rings. The average Bonchev–Trinajstić information content (AvgIpc) is 2.80. The van der Waals surface area contributed by atoms with Crippen LogP contribution in [0.2, 0.25) is 0 Å². The highest BCUT2D eigenvalue weighted by Gasteiger charge is 2.25. The Balaban J connectivity index is 2.22. The molecule has 0 aromatic carbocycles. The molecule has 0 amide bonds. The second-order valence-electron chi connectivity index (χ2n) is 5.95. The number of likely N-dealkylation sites (N-methyl/N-ethyl adjacent to an activating group) is 1. The third-order valence-corrected chi connectivity index (χ3v) is 2.68. The molecule has 15 heavy (non-hydrogen) atoms. The van der Waals surface area contributed by atoms with E-state index < -0.39 is 0 Å². The van der Waals surface area contributed by atoms with Crippen LogP contribution >= 0.6 is 0 Å². The van der Waals surface area contributed by atoms with E-state index in [1.807, 2.05) is 0 Å². The first-order chi connectivity index (χ1) is 6.89. The first-order valence-electron chi connectivity index (χ1n) is 5.95. The SMILES string of the molecule is C=C(C)CN(C)CC(C)(C)CNC1CC1. The number of nitrogens with one attached hydrogen (secondary N) is 1. The summed E-state index contributed by atoms with van der Waals surface area (Å²) in [7, 11) is 2.17. The van der Waals surface area contributed by atoms with Crippen LogP contribution in [0.25, 0.3) is 0 Å². The number of hydrogen-bond donors (Lipinski definition) is 1. The summed E-state index contributed by atoms with van der Waals surface area (Å²) in [4.78, 5) is 2.36. The van der Waals surface area contributed by atoms with Crippen molar-refractivity contribution in [2.24, 2.45) is 5.41 Å². The molecule has 1 N–H and O–H groups in total. The maximum Gasteiger partial charge on any atom is 0.0184 e. The van der Waals surface area contributed by atoms with Gasteiger partial charge in [0, 0.05) is 25.7 Å². The average molecular weight is 210 g/mol. The second-order valence-corrected chi connectivity index (χ2v) is 5.95. The molecular formula is C13H26N2. The Morgan fingerprint density at radius 1 is 1.47 bits per heavy atom. The third-order valence-electron chi connectivity index (χ3n) is 2.68. The summed E-state index contributed by atoms with van der Waals surface area (Å²) in [6.45, 7) is 14.0. The third kappa shape index (κ3) is 5.95. The summed E-state index contributed by atoms with van der Waals surface area (Å²) in [5.74, 6) is 0. The van der Waals surface area contributed by atoms with Crippen LogP contribution in [0.1, 0.15) is 33.6 Å². The maximum atomic E-state index is 3.95. The van der Waals surface area contributed by atoms with E-state index in [4.69, 9.17) is 0 Å². The van der Waals surface area contributed by atoms with E-state index in [0.29, 0.717) is 5.41 Å². The van der Waals surface area contributed by atoms with Gasteiger partial charge in [-0.25, -0.2) is 0 Å². The quantitative estimate of drug-likeness (QED) is 0.649. The lowest BCUT2D eigenvalue weighted by Gasteiger charge is -2.30. The minimum absolute atomic E-state index is 0.354. The molecule has 2 heteroatoms. The van der Waals surface area contributed by atoms with E-state index in [1.165, 1.54) is 18.4 Å². The molecule has 0 aromatic heterocycles. The molecule has 1 fully saturated rings. The van der Waals surface area contributed by atoms with Crippen molar-refractivity contribution >= 4 is 0 Å². The molecule has 0 atom stereocenters. The highest BCUT2D eigenvalue weighted by atomic mass is 15.1. The summed E-state index contributed by atoms with van der Waals surface area (Å²) >= 11 is 0. The van der Waals surface area contributed by atoms with Gasteiger partial charge < -0.3 is 10.2 Å². The standard InChI is InChI=1S/C13H26N2/c1-11(2)8-15(5)10-13(3,4)9-14-12-6-7-12/h12,14H,1,6-10H2,2-5H3. The normalized spacial score (nSPS) is 17.1. The molecule has 0 unspecified atom stereocenters. The Hall–Kier alpha value is -0.340. The molecule has 0 saturated heterocycles. The predicted molar refractivity (Wildman–Crippen MR) is 67.1 cm³/mol. The minimum atomic E-state index is 0.354. The largest absolute Gasteiger partial charge is 0.313 e. The van der Waals surface area contributed by atoms with E-state index in [0.717, 1.165) is 25.7 Å². The Morgan fingerprint density at radius 2 is 2.07 bits per heavy atom. The monoisotopic (exact) mass is 210 g/mol. The van der Waals surface area contributed by atoms with Crippen molar-refractivity contribution in [1.82, 2.24) is 10.2 Å². The zero-order valence-electron chi connectivity index (χ0n) is 10.8. The van der Waals surface area contributed by atoms with Gasteiger partial charge in [0.2, 0.25) is 0 Å². The first kappa shape index (κ1) is 12.7. The van der Waals surface area contributed by atoms with Crippen LogP contribution < -0.4 is 5.32 Å². The van der Waals surface area contributed by atoms with Crippen molar-refractivity contribution in [3.63, 3.8) is 0 Å². The summed E-state index contributed by atoms with van der Waals surface area (Å²) in [5.41, 5.74) is 1.59. The van der Waals surface area contributed by atoms with Crippen molar-refractivity contribution in [2.45, 2.75) is 39.7 Å². The molecule has 0 radical (unpaired) electrons. The predicted octanol–water partition coefficient (Wildman–Crippen LogP) is 2.27. The minimum Gasteiger partial charge on any atom is -0.313 e. The smallest absolute Gasteiger partial charge is 0.0184 e. The van der Waals surface area contributed by atoms with Crippen molar-refractivity contribution in [3.8, 4) is 0 Å². The Labute approximate surface area is 94.7 Å². The number of nitrogens with zero attached hydrogens (tertiary/aromatic N) is 1. The van der Waals surface area contributed by atoms with Gasteiger partial charge in [0.15, 0.2) is 0 Å². The second kappa shape index (κ2) is 5.13. The summed E-state index contributed by atoms with van der Waals surface area (Å²) in [6, 6.07) is 0.815. The molecule has 88 valence electrons. The Kier molecular flexibility index (Phi) is 4.35. The van der Waals surface area contributed by atoms with Crippen LogP contribution in [-0.4, -0.2) is 37.6 Å². The van der Waals surface area contributed by atoms with Gasteiger partial charge in [0.05, 0.1) is 0 Å². The fourth-order valence-electron chi connectivity index (χ4n) is 2.01. The van der Waals surface area contributed by atoms with E-state index in [-0.39, 0.29) is 0 Å². The van der Waals surface area contributed by atoms with Crippen LogP contribution in [0.15, 0.2) is 12.2 Å². The van der Waals surface area contributed by atoms with Crippen LogP contribution in [0.5, 0.6) is 0 Å². The molecule has 0 bridgehead atoms. The lowest BCUT2D eigenvalue weighted by Crippen LogP contribution is -2.40. The van der Waals surface area contributed by atoms with Crippen molar-refractivity contribution in [1.29, 1.82) is 0 Å². The van der Waals surface area contributed by atoms with Crippen LogP contribution in [0, 0.1) is 5.41 Å². The molecule has 0 spiro atoms. The van der Waals surface area contributed by atoms with E-state index >= 15 is 0 Å². The van der Waals surface area contributed by atoms with Gasteiger partial charge in [-0.15, -0.1) is 0 Å². The van der Waals surface area contributed by atoms with E-state index in [9.17, 15) is 0 Å². The molecule has 2 nitrogen and oxygen atoms in total. The van der Waals surface area contributed by atoms with Gasteiger partial charge in [-0.2, -0.15) is 0 Å². The molecule has 0 aromatic rings. The Morgan fingerprint density at radius 3 is 2.53 bits per heavy atom. The van der Waals surface area contributed by atoms with Crippen LogP contribution in [0.3, 0.4) is 0 Å². The van der Waals surface area contributed by atoms with E-state index in [2.05, 4.69) is 44.6 Å². The lowest BCUT2D eigenvalue weighted by molar-refractivity contribution is 0.214. The summed E-state index contributed by atoms with van der Waals surface area (Å²) in [6.07, 6.45) is 2.75. The molecule has 1 aliphatic carbocycles. The highest BCUT2D eigenvalue weighted by Crippen LogP contribution is 2.22. The fourth-order valence-corrected chi connectivity index (χ4v) is 2.01. The van der Waals surface area contributed by atoms with Crippen molar-refractivity contribution in [2.75, 3.05) is 26.7 Å². The topological polar surface area (TPSA) is 15.3 Å².